The van der Waals surface area contributed by atoms with E-state index in [0.717, 1.165) is 18.0 Å². The maximum atomic E-state index is 13.1. The molecular formula is C12H12F3N3. The second-order valence-electron chi connectivity index (χ2n) is 4.07. The average Bonchev–Trinajstić information content (AvgIpc) is 2.65. The van der Waals surface area contributed by atoms with E-state index >= 15 is 0 Å². The van der Waals surface area contributed by atoms with Gasteiger partial charge in [0, 0.05) is 7.05 Å². The fourth-order valence-corrected chi connectivity index (χ4v) is 1.73. The summed E-state index contributed by atoms with van der Waals surface area (Å²) in [5.41, 5.74) is 6.66. The van der Waals surface area contributed by atoms with Gasteiger partial charge in [-0.2, -0.15) is 0 Å². The van der Waals surface area contributed by atoms with E-state index < -0.39 is 23.5 Å². The van der Waals surface area contributed by atoms with E-state index in [-0.39, 0.29) is 5.56 Å². The van der Waals surface area contributed by atoms with Gasteiger partial charge in [0.15, 0.2) is 17.5 Å². The second kappa shape index (κ2) is 4.45. The van der Waals surface area contributed by atoms with Crippen LogP contribution < -0.4 is 5.73 Å². The van der Waals surface area contributed by atoms with Crippen LogP contribution in [0.1, 0.15) is 23.1 Å². The molecule has 0 aliphatic rings. The van der Waals surface area contributed by atoms with Crippen LogP contribution in [-0.2, 0) is 7.05 Å². The first kappa shape index (κ1) is 12.6. The number of nitrogens with two attached hydrogens (primary N) is 1. The van der Waals surface area contributed by atoms with Gasteiger partial charge in [0.1, 0.15) is 5.82 Å². The van der Waals surface area contributed by atoms with Crippen LogP contribution in [0.5, 0.6) is 0 Å². The summed E-state index contributed by atoms with van der Waals surface area (Å²) in [6.45, 7) is 1.78. The maximum Gasteiger partial charge on any atom is 0.194 e. The lowest BCUT2D eigenvalue weighted by Gasteiger charge is -2.13. The number of nitrogens with zero attached hydrogens (tertiary/aromatic N) is 2. The van der Waals surface area contributed by atoms with Crippen molar-refractivity contribution in [3.05, 3.63) is 52.9 Å². The maximum absolute atomic E-state index is 13.1. The predicted molar refractivity (Wildman–Crippen MR) is 60.3 cm³/mol. The molecule has 0 saturated carbocycles. The minimum absolute atomic E-state index is 0.161. The molecule has 0 radical (unpaired) electrons. The van der Waals surface area contributed by atoms with Crippen LogP contribution in [-0.4, -0.2) is 9.55 Å². The molecule has 2 aromatic rings. The molecule has 1 aromatic carbocycles. The number of aromatic nitrogens is 2. The topological polar surface area (TPSA) is 43.8 Å². The second-order valence-corrected chi connectivity index (χ2v) is 4.07. The van der Waals surface area contributed by atoms with E-state index in [1.165, 1.54) is 6.20 Å². The van der Waals surface area contributed by atoms with Crippen LogP contribution >= 0.6 is 0 Å². The van der Waals surface area contributed by atoms with Gasteiger partial charge in [-0.3, -0.25) is 0 Å². The fraction of sp³-hybridized carbons (Fsp3) is 0.250. The number of imidazole rings is 1. The molecule has 0 spiro atoms. The zero-order valence-corrected chi connectivity index (χ0v) is 9.92. The smallest absolute Gasteiger partial charge is 0.194 e. The molecule has 18 heavy (non-hydrogen) atoms. The van der Waals surface area contributed by atoms with Crippen molar-refractivity contribution >= 4 is 0 Å². The summed E-state index contributed by atoms with van der Waals surface area (Å²) in [6, 6.07) is 1.03. The first-order valence-corrected chi connectivity index (χ1v) is 5.30. The monoisotopic (exact) mass is 255 g/mol. The highest BCUT2D eigenvalue weighted by molar-refractivity contribution is 5.29. The number of hydrogen-bond donors (Lipinski definition) is 1. The molecule has 0 aliphatic heterocycles. The Labute approximate surface area is 102 Å². The molecule has 0 amide bonds. The van der Waals surface area contributed by atoms with Crippen molar-refractivity contribution in [2.24, 2.45) is 12.8 Å². The Hall–Kier alpha value is -1.82. The van der Waals surface area contributed by atoms with E-state index in [0.29, 0.717) is 5.69 Å². The minimum Gasteiger partial charge on any atom is -0.334 e. The fourth-order valence-electron chi connectivity index (χ4n) is 1.73. The summed E-state index contributed by atoms with van der Waals surface area (Å²) in [5, 5.41) is 0. The Morgan fingerprint density at radius 2 is 1.78 bits per heavy atom. The van der Waals surface area contributed by atoms with Crippen molar-refractivity contribution in [3.63, 3.8) is 0 Å². The van der Waals surface area contributed by atoms with Gasteiger partial charge in [0.2, 0.25) is 0 Å². The molecular weight excluding hydrogens is 243 g/mol. The summed E-state index contributed by atoms with van der Waals surface area (Å²) in [6.07, 6.45) is 1.53. The number of benzene rings is 1. The quantitative estimate of drug-likeness (QED) is 0.836. The van der Waals surface area contributed by atoms with Gasteiger partial charge < -0.3 is 10.3 Å². The molecule has 0 aliphatic carbocycles. The molecule has 96 valence electrons. The van der Waals surface area contributed by atoms with E-state index in [9.17, 15) is 13.2 Å². The van der Waals surface area contributed by atoms with Crippen molar-refractivity contribution < 1.29 is 13.2 Å². The van der Waals surface area contributed by atoms with E-state index in [4.69, 9.17) is 5.73 Å². The molecule has 1 aromatic heterocycles. The molecule has 6 heteroatoms. The van der Waals surface area contributed by atoms with Crippen LogP contribution in [0.3, 0.4) is 0 Å². The Bertz CT molecular complexity index is 569. The van der Waals surface area contributed by atoms with Crippen molar-refractivity contribution in [2.75, 3.05) is 0 Å². The summed E-state index contributed by atoms with van der Waals surface area (Å²) in [4.78, 5) is 4.05. The van der Waals surface area contributed by atoms with Crippen molar-refractivity contribution in [2.45, 2.75) is 13.0 Å². The van der Waals surface area contributed by atoms with Crippen molar-refractivity contribution in [3.8, 4) is 0 Å². The van der Waals surface area contributed by atoms with E-state index in [2.05, 4.69) is 4.98 Å². The Balaban J connectivity index is 2.46. The van der Waals surface area contributed by atoms with Crippen LogP contribution in [0, 0.1) is 24.4 Å². The summed E-state index contributed by atoms with van der Waals surface area (Å²) in [7, 11) is 1.74. The zero-order valence-electron chi connectivity index (χ0n) is 9.92. The Morgan fingerprint density at radius 1 is 1.22 bits per heavy atom. The predicted octanol–water partition coefficient (Wildman–Crippen LogP) is 2.19. The van der Waals surface area contributed by atoms with Gasteiger partial charge in [-0.15, -0.1) is 0 Å². The SMILES string of the molecule is Cc1ncc(C(N)c2cc(F)c(F)c(F)c2)n1C. The lowest BCUT2D eigenvalue weighted by Crippen LogP contribution is -2.16. The number of hydrogen-bond acceptors (Lipinski definition) is 2. The number of halogens is 3. The minimum atomic E-state index is -1.49. The van der Waals surface area contributed by atoms with Gasteiger partial charge in [0.05, 0.1) is 17.9 Å². The molecule has 3 nitrogen and oxygen atoms in total. The zero-order chi connectivity index (χ0) is 13.4. The highest BCUT2D eigenvalue weighted by atomic mass is 19.2. The van der Waals surface area contributed by atoms with Crippen LogP contribution in [0.15, 0.2) is 18.3 Å². The van der Waals surface area contributed by atoms with Gasteiger partial charge in [-0.05, 0) is 24.6 Å². The number of rotatable bonds is 2. The average molecular weight is 255 g/mol. The largest absolute Gasteiger partial charge is 0.334 e. The Morgan fingerprint density at radius 3 is 2.22 bits per heavy atom. The molecule has 2 N–H and O–H groups in total. The van der Waals surface area contributed by atoms with Gasteiger partial charge in [-0.1, -0.05) is 0 Å². The van der Waals surface area contributed by atoms with Crippen LogP contribution in [0.2, 0.25) is 0 Å². The molecule has 1 atom stereocenters. The third-order valence-corrected chi connectivity index (χ3v) is 2.94. The number of aryl methyl sites for hydroxylation is 1. The molecule has 0 bridgehead atoms. The van der Waals surface area contributed by atoms with Gasteiger partial charge in [-0.25, -0.2) is 18.2 Å². The van der Waals surface area contributed by atoms with Crippen molar-refractivity contribution in [1.82, 2.24) is 9.55 Å². The summed E-state index contributed by atoms with van der Waals surface area (Å²) >= 11 is 0. The molecule has 1 heterocycles. The van der Waals surface area contributed by atoms with E-state index in [1.807, 2.05) is 0 Å². The third kappa shape index (κ3) is 1.99. The highest BCUT2D eigenvalue weighted by Gasteiger charge is 2.18. The molecule has 1 unspecified atom stereocenters. The van der Waals surface area contributed by atoms with Crippen molar-refractivity contribution in [1.29, 1.82) is 0 Å². The Kier molecular flexibility index (Phi) is 3.13. The van der Waals surface area contributed by atoms with E-state index in [1.54, 1.807) is 18.5 Å². The highest BCUT2D eigenvalue weighted by Crippen LogP contribution is 2.23. The molecule has 2 rings (SSSR count). The normalized spacial score (nSPS) is 12.8. The lowest BCUT2D eigenvalue weighted by molar-refractivity contribution is 0.444. The first-order chi connectivity index (χ1) is 8.41. The standard InChI is InChI=1S/C12H12F3N3/c1-6-17-5-10(18(6)2)12(16)7-3-8(13)11(15)9(14)4-7/h3-5,12H,16H2,1-2H3. The van der Waals surface area contributed by atoms with Gasteiger partial charge >= 0.3 is 0 Å². The van der Waals surface area contributed by atoms with Gasteiger partial charge in [0.25, 0.3) is 0 Å². The van der Waals surface area contributed by atoms with Crippen LogP contribution in [0.4, 0.5) is 13.2 Å². The third-order valence-electron chi connectivity index (χ3n) is 2.94. The van der Waals surface area contributed by atoms with Crippen LogP contribution in [0.25, 0.3) is 0 Å². The summed E-state index contributed by atoms with van der Waals surface area (Å²) < 4.78 is 40.8. The molecule has 0 fully saturated rings. The molecule has 0 saturated heterocycles. The first-order valence-electron chi connectivity index (χ1n) is 5.30. The lowest BCUT2D eigenvalue weighted by atomic mass is 10.0. The summed E-state index contributed by atoms with van der Waals surface area (Å²) in [5.74, 6) is -3.27.